The third kappa shape index (κ3) is 3.38. The standard InChI is InChI=1S/C16H21NO3/c1-2-12-6-5-7-13(10-12)11-15(18)17-9-4-3-8-14(17)16(19)20/h5-7,10,14H,2-4,8-9,11H2,1H3,(H,19,20). The molecule has 2 rings (SSSR count). The number of carbonyl (C=O) groups is 2. The van der Waals surface area contributed by atoms with Gasteiger partial charge in [-0.1, -0.05) is 31.2 Å². The highest BCUT2D eigenvalue weighted by atomic mass is 16.4. The molecule has 1 atom stereocenters. The molecule has 4 heteroatoms. The monoisotopic (exact) mass is 275 g/mol. The number of benzene rings is 1. The maximum Gasteiger partial charge on any atom is 0.326 e. The Morgan fingerprint density at radius 3 is 2.75 bits per heavy atom. The molecule has 1 aromatic rings. The Morgan fingerprint density at radius 1 is 1.30 bits per heavy atom. The smallest absolute Gasteiger partial charge is 0.326 e. The van der Waals surface area contributed by atoms with Gasteiger partial charge in [-0.3, -0.25) is 4.79 Å². The summed E-state index contributed by atoms with van der Waals surface area (Å²) < 4.78 is 0. The zero-order valence-corrected chi connectivity index (χ0v) is 11.8. The second-order valence-electron chi connectivity index (χ2n) is 5.29. The minimum absolute atomic E-state index is 0.0784. The Balaban J connectivity index is 2.07. The van der Waals surface area contributed by atoms with Crippen LogP contribution in [-0.2, 0) is 22.4 Å². The zero-order valence-electron chi connectivity index (χ0n) is 11.8. The van der Waals surface area contributed by atoms with Crippen LogP contribution < -0.4 is 0 Å². The van der Waals surface area contributed by atoms with E-state index in [9.17, 15) is 14.7 Å². The molecule has 4 nitrogen and oxygen atoms in total. The fourth-order valence-corrected chi connectivity index (χ4v) is 2.72. The van der Waals surface area contributed by atoms with Crippen LogP contribution in [0.3, 0.4) is 0 Å². The summed E-state index contributed by atoms with van der Waals surface area (Å²) in [5.74, 6) is -0.967. The van der Waals surface area contributed by atoms with Crippen molar-refractivity contribution in [2.45, 2.75) is 45.1 Å². The van der Waals surface area contributed by atoms with Gasteiger partial charge in [0.15, 0.2) is 0 Å². The average Bonchev–Trinajstić information content (AvgIpc) is 2.47. The molecular formula is C16H21NO3. The minimum Gasteiger partial charge on any atom is -0.480 e. The van der Waals surface area contributed by atoms with Gasteiger partial charge in [0.1, 0.15) is 6.04 Å². The molecule has 1 amide bonds. The van der Waals surface area contributed by atoms with Crippen molar-refractivity contribution in [3.05, 3.63) is 35.4 Å². The summed E-state index contributed by atoms with van der Waals surface area (Å²) in [5.41, 5.74) is 2.16. The lowest BCUT2D eigenvalue weighted by Gasteiger charge is -2.33. The highest BCUT2D eigenvalue weighted by Crippen LogP contribution is 2.19. The summed E-state index contributed by atoms with van der Waals surface area (Å²) in [4.78, 5) is 25.1. The summed E-state index contributed by atoms with van der Waals surface area (Å²) in [6, 6.07) is 7.29. The van der Waals surface area contributed by atoms with Crippen molar-refractivity contribution in [1.29, 1.82) is 0 Å². The van der Waals surface area contributed by atoms with Crippen LogP contribution in [0.5, 0.6) is 0 Å². The van der Waals surface area contributed by atoms with Crippen LogP contribution in [0.4, 0.5) is 0 Å². The van der Waals surface area contributed by atoms with Gasteiger partial charge in [0, 0.05) is 6.54 Å². The van der Waals surface area contributed by atoms with E-state index in [1.165, 1.54) is 10.5 Å². The first-order chi connectivity index (χ1) is 9.61. The number of carbonyl (C=O) groups excluding carboxylic acids is 1. The number of hydrogen-bond acceptors (Lipinski definition) is 2. The minimum atomic E-state index is -0.889. The molecule has 1 unspecified atom stereocenters. The lowest BCUT2D eigenvalue weighted by atomic mass is 10.00. The van der Waals surface area contributed by atoms with Gasteiger partial charge in [0.25, 0.3) is 0 Å². The molecule has 0 aromatic heterocycles. The third-order valence-corrected chi connectivity index (χ3v) is 3.86. The second kappa shape index (κ2) is 6.55. The molecule has 1 heterocycles. The van der Waals surface area contributed by atoms with Crippen LogP contribution >= 0.6 is 0 Å². The molecule has 1 N–H and O–H groups in total. The molecule has 0 radical (unpaired) electrons. The van der Waals surface area contributed by atoms with Gasteiger partial charge in [0.05, 0.1) is 6.42 Å². The second-order valence-corrected chi connectivity index (χ2v) is 5.29. The zero-order chi connectivity index (χ0) is 14.5. The molecule has 1 saturated heterocycles. The normalized spacial score (nSPS) is 18.9. The molecule has 108 valence electrons. The van der Waals surface area contributed by atoms with Crippen LogP contribution in [0, 0.1) is 0 Å². The number of carboxylic acids is 1. The van der Waals surface area contributed by atoms with E-state index in [1.54, 1.807) is 0 Å². The predicted molar refractivity (Wildman–Crippen MR) is 76.5 cm³/mol. The van der Waals surface area contributed by atoms with E-state index in [4.69, 9.17) is 0 Å². The number of aryl methyl sites for hydroxylation is 1. The van der Waals surface area contributed by atoms with Crippen LogP contribution in [0.15, 0.2) is 24.3 Å². The first-order valence-electron chi connectivity index (χ1n) is 7.22. The van der Waals surface area contributed by atoms with E-state index < -0.39 is 12.0 Å². The van der Waals surface area contributed by atoms with Crippen LogP contribution in [-0.4, -0.2) is 34.5 Å². The van der Waals surface area contributed by atoms with Crippen molar-refractivity contribution >= 4 is 11.9 Å². The number of likely N-dealkylation sites (tertiary alicyclic amines) is 1. The quantitative estimate of drug-likeness (QED) is 0.917. The summed E-state index contributed by atoms with van der Waals surface area (Å²) in [5, 5.41) is 9.21. The average molecular weight is 275 g/mol. The van der Waals surface area contributed by atoms with E-state index in [0.717, 1.165) is 24.8 Å². The van der Waals surface area contributed by atoms with Gasteiger partial charge in [0.2, 0.25) is 5.91 Å². The fourth-order valence-electron chi connectivity index (χ4n) is 2.72. The van der Waals surface area contributed by atoms with Crippen molar-refractivity contribution in [3.8, 4) is 0 Å². The number of aliphatic carboxylic acids is 1. The van der Waals surface area contributed by atoms with Gasteiger partial charge in [-0.2, -0.15) is 0 Å². The van der Waals surface area contributed by atoms with Crippen LogP contribution in [0.25, 0.3) is 0 Å². The van der Waals surface area contributed by atoms with Gasteiger partial charge in [-0.05, 0) is 36.8 Å². The molecular weight excluding hydrogens is 254 g/mol. The van der Waals surface area contributed by atoms with Crippen molar-refractivity contribution in [1.82, 2.24) is 4.90 Å². The van der Waals surface area contributed by atoms with Gasteiger partial charge >= 0.3 is 5.97 Å². The van der Waals surface area contributed by atoms with Crippen molar-refractivity contribution < 1.29 is 14.7 Å². The Bertz CT molecular complexity index is 498. The van der Waals surface area contributed by atoms with E-state index in [2.05, 4.69) is 6.92 Å². The Labute approximate surface area is 119 Å². The molecule has 0 bridgehead atoms. The molecule has 0 spiro atoms. The largest absolute Gasteiger partial charge is 0.480 e. The number of piperidine rings is 1. The topological polar surface area (TPSA) is 57.6 Å². The lowest BCUT2D eigenvalue weighted by molar-refractivity contribution is -0.151. The van der Waals surface area contributed by atoms with E-state index in [1.807, 2.05) is 24.3 Å². The molecule has 1 fully saturated rings. The SMILES string of the molecule is CCc1cccc(CC(=O)N2CCCCC2C(=O)O)c1. The fraction of sp³-hybridized carbons (Fsp3) is 0.500. The summed E-state index contributed by atoms with van der Waals surface area (Å²) >= 11 is 0. The maximum atomic E-state index is 12.3. The number of amides is 1. The van der Waals surface area contributed by atoms with Crippen molar-refractivity contribution in [3.63, 3.8) is 0 Å². The maximum absolute atomic E-state index is 12.3. The number of rotatable bonds is 4. The molecule has 0 aliphatic carbocycles. The Morgan fingerprint density at radius 2 is 2.05 bits per heavy atom. The number of nitrogens with zero attached hydrogens (tertiary/aromatic N) is 1. The van der Waals surface area contributed by atoms with Crippen molar-refractivity contribution in [2.24, 2.45) is 0 Å². The van der Waals surface area contributed by atoms with Crippen LogP contribution in [0.1, 0.15) is 37.3 Å². The van der Waals surface area contributed by atoms with E-state index in [-0.39, 0.29) is 12.3 Å². The molecule has 1 aliphatic heterocycles. The Kier molecular flexibility index (Phi) is 4.77. The van der Waals surface area contributed by atoms with Gasteiger partial charge < -0.3 is 10.0 Å². The van der Waals surface area contributed by atoms with Gasteiger partial charge in [-0.25, -0.2) is 4.79 Å². The lowest BCUT2D eigenvalue weighted by Crippen LogP contribution is -2.48. The highest BCUT2D eigenvalue weighted by Gasteiger charge is 2.31. The highest BCUT2D eigenvalue weighted by molar-refractivity contribution is 5.85. The van der Waals surface area contributed by atoms with E-state index >= 15 is 0 Å². The molecule has 0 saturated carbocycles. The Hall–Kier alpha value is -1.84. The number of carboxylic acid groups (broad SMARTS) is 1. The predicted octanol–water partition coefficient (Wildman–Crippen LogP) is 2.26. The van der Waals surface area contributed by atoms with E-state index in [0.29, 0.717) is 13.0 Å². The molecule has 1 aliphatic rings. The molecule has 1 aromatic carbocycles. The first-order valence-corrected chi connectivity index (χ1v) is 7.22. The third-order valence-electron chi connectivity index (χ3n) is 3.86. The molecule has 20 heavy (non-hydrogen) atoms. The van der Waals surface area contributed by atoms with Gasteiger partial charge in [-0.15, -0.1) is 0 Å². The summed E-state index contributed by atoms with van der Waals surface area (Å²) in [6.07, 6.45) is 3.56. The summed E-state index contributed by atoms with van der Waals surface area (Å²) in [7, 11) is 0. The van der Waals surface area contributed by atoms with Crippen LogP contribution in [0.2, 0.25) is 0 Å². The summed E-state index contributed by atoms with van der Waals surface area (Å²) in [6.45, 7) is 2.63. The first kappa shape index (κ1) is 14.6. The number of hydrogen-bond donors (Lipinski definition) is 1. The van der Waals surface area contributed by atoms with Crippen molar-refractivity contribution in [2.75, 3.05) is 6.54 Å².